The highest BCUT2D eigenvalue weighted by molar-refractivity contribution is 7.90. The molecule has 1 heterocycles. The van der Waals surface area contributed by atoms with Gasteiger partial charge >= 0.3 is 0 Å². The lowest BCUT2D eigenvalue weighted by Gasteiger charge is -2.25. The maximum absolute atomic E-state index is 13.0. The molecule has 0 N–H and O–H groups in total. The number of benzene rings is 2. The minimum absolute atomic E-state index is 0.0199. The average Bonchev–Trinajstić information content (AvgIpc) is 3.01. The first kappa shape index (κ1) is 21.8. The van der Waals surface area contributed by atoms with E-state index < -0.39 is 9.84 Å². The van der Waals surface area contributed by atoms with Crippen LogP contribution in [0, 0.1) is 13.8 Å². The monoisotopic (exact) mass is 425 g/mol. The number of para-hydroxylation sites is 1. The van der Waals surface area contributed by atoms with Crippen LogP contribution >= 0.6 is 0 Å². The number of likely N-dealkylation sites (N-methyl/N-ethyl adjacent to an activating group) is 1. The fourth-order valence-electron chi connectivity index (χ4n) is 3.46. The smallest absolute Gasteiger partial charge is 0.227 e. The zero-order valence-electron chi connectivity index (χ0n) is 18.0. The van der Waals surface area contributed by atoms with E-state index in [0.29, 0.717) is 0 Å². The first-order valence-corrected chi connectivity index (χ1v) is 11.6. The van der Waals surface area contributed by atoms with E-state index in [1.54, 1.807) is 36.2 Å². The fraction of sp³-hybridized carbons (Fsp3) is 0.304. The fourth-order valence-corrected chi connectivity index (χ4v) is 4.09. The Hall–Kier alpha value is -2.93. The molecule has 1 amide bonds. The van der Waals surface area contributed by atoms with Gasteiger partial charge in [0.05, 0.1) is 28.7 Å². The van der Waals surface area contributed by atoms with Gasteiger partial charge in [0.1, 0.15) is 0 Å². The van der Waals surface area contributed by atoms with Crippen LogP contribution in [0.3, 0.4) is 0 Å². The zero-order valence-corrected chi connectivity index (χ0v) is 18.8. The van der Waals surface area contributed by atoms with E-state index >= 15 is 0 Å². The van der Waals surface area contributed by atoms with Crippen molar-refractivity contribution in [2.75, 3.05) is 13.3 Å². The Morgan fingerprint density at radius 3 is 2.23 bits per heavy atom. The van der Waals surface area contributed by atoms with E-state index in [0.717, 1.165) is 28.2 Å². The third-order valence-corrected chi connectivity index (χ3v) is 6.66. The number of hydrogen-bond acceptors (Lipinski definition) is 4. The third-order valence-electron chi connectivity index (χ3n) is 5.53. The molecule has 6 nitrogen and oxygen atoms in total. The summed E-state index contributed by atoms with van der Waals surface area (Å²) >= 11 is 0. The second-order valence-corrected chi connectivity index (χ2v) is 9.61. The highest BCUT2D eigenvalue weighted by Gasteiger charge is 2.22. The Bertz CT molecular complexity index is 1150. The van der Waals surface area contributed by atoms with Crippen molar-refractivity contribution >= 4 is 15.7 Å². The van der Waals surface area contributed by atoms with Gasteiger partial charge in [-0.05, 0) is 50.6 Å². The summed E-state index contributed by atoms with van der Waals surface area (Å²) in [5, 5.41) is 4.62. The number of carbonyl (C=O) groups is 1. The van der Waals surface area contributed by atoms with Gasteiger partial charge in [0.15, 0.2) is 9.84 Å². The molecule has 0 saturated heterocycles. The van der Waals surface area contributed by atoms with Gasteiger partial charge < -0.3 is 4.90 Å². The van der Waals surface area contributed by atoms with Crippen molar-refractivity contribution < 1.29 is 13.2 Å². The van der Waals surface area contributed by atoms with Gasteiger partial charge in [-0.25, -0.2) is 13.1 Å². The summed E-state index contributed by atoms with van der Waals surface area (Å²) in [5.41, 5.74) is 4.56. The Kier molecular flexibility index (Phi) is 6.12. The first-order valence-electron chi connectivity index (χ1n) is 9.75. The van der Waals surface area contributed by atoms with Crippen molar-refractivity contribution in [1.82, 2.24) is 14.7 Å². The maximum atomic E-state index is 13.0. The van der Waals surface area contributed by atoms with Crippen molar-refractivity contribution in [1.29, 1.82) is 0 Å². The topological polar surface area (TPSA) is 72.3 Å². The number of amides is 1. The lowest BCUT2D eigenvalue weighted by molar-refractivity contribution is -0.131. The van der Waals surface area contributed by atoms with Crippen molar-refractivity contribution in [3.05, 3.63) is 77.1 Å². The van der Waals surface area contributed by atoms with Crippen molar-refractivity contribution in [2.45, 2.75) is 38.1 Å². The molecule has 0 aliphatic rings. The second-order valence-electron chi connectivity index (χ2n) is 7.60. The summed E-state index contributed by atoms with van der Waals surface area (Å²) in [6, 6.07) is 16.3. The summed E-state index contributed by atoms with van der Waals surface area (Å²) < 4.78 is 25.2. The van der Waals surface area contributed by atoms with Crippen molar-refractivity contribution in [2.24, 2.45) is 0 Å². The summed E-state index contributed by atoms with van der Waals surface area (Å²) in [6.07, 6.45) is 1.44. The van der Waals surface area contributed by atoms with E-state index in [1.165, 1.54) is 6.26 Å². The standard InChI is InChI=1S/C23H27N3O3S/c1-16-22(18(3)26(24-16)20-9-7-6-8-10-20)15-23(27)25(4)17(2)19-11-13-21(14-12-19)30(5,28)29/h6-14,17H,15H2,1-5H3. The van der Waals surface area contributed by atoms with Gasteiger partial charge in [-0.3, -0.25) is 4.79 Å². The molecule has 158 valence electrons. The number of carbonyl (C=O) groups excluding carboxylic acids is 1. The minimum atomic E-state index is -3.24. The molecule has 0 aliphatic heterocycles. The normalized spacial score (nSPS) is 12.6. The van der Waals surface area contributed by atoms with Crippen LogP contribution in [0.4, 0.5) is 0 Å². The van der Waals surface area contributed by atoms with Gasteiger partial charge in [0.25, 0.3) is 0 Å². The van der Waals surface area contributed by atoms with Crippen LogP contribution in [0.25, 0.3) is 5.69 Å². The highest BCUT2D eigenvalue weighted by atomic mass is 32.2. The lowest BCUT2D eigenvalue weighted by Crippen LogP contribution is -2.31. The molecule has 1 aromatic heterocycles. The van der Waals surface area contributed by atoms with E-state index in [-0.39, 0.29) is 23.3 Å². The molecule has 0 radical (unpaired) electrons. The number of aromatic nitrogens is 2. The zero-order chi connectivity index (χ0) is 22.1. The van der Waals surface area contributed by atoms with Gasteiger partial charge in [-0.2, -0.15) is 5.10 Å². The Morgan fingerprint density at radius 2 is 1.67 bits per heavy atom. The predicted molar refractivity (Wildman–Crippen MR) is 117 cm³/mol. The lowest BCUT2D eigenvalue weighted by atomic mass is 10.1. The van der Waals surface area contributed by atoms with Crippen molar-refractivity contribution in [3.8, 4) is 5.69 Å². The molecule has 30 heavy (non-hydrogen) atoms. The molecule has 1 atom stereocenters. The largest absolute Gasteiger partial charge is 0.339 e. The van der Waals surface area contributed by atoms with E-state index in [9.17, 15) is 13.2 Å². The number of hydrogen-bond donors (Lipinski definition) is 0. The minimum Gasteiger partial charge on any atom is -0.339 e. The summed E-state index contributed by atoms with van der Waals surface area (Å²) in [6.45, 7) is 5.83. The molecule has 1 unspecified atom stereocenters. The first-order chi connectivity index (χ1) is 14.1. The van der Waals surface area contributed by atoms with Crippen LogP contribution in [0.2, 0.25) is 0 Å². The molecule has 0 fully saturated rings. The molecule has 0 saturated carbocycles. The average molecular weight is 426 g/mol. The van der Waals surface area contributed by atoms with Gasteiger partial charge in [0.2, 0.25) is 5.91 Å². The van der Waals surface area contributed by atoms with Crippen LogP contribution in [-0.2, 0) is 21.1 Å². The van der Waals surface area contributed by atoms with E-state index in [2.05, 4.69) is 5.10 Å². The molecule has 0 aliphatic carbocycles. The second kappa shape index (κ2) is 8.44. The molecule has 3 aromatic rings. The number of aryl methyl sites for hydroxylation is 1. The van der Waals surface area contributed by atoms with E-state index in [1.807, 2.05) is 55.8 Å². The van der Waals surface area contributed by atoms with Crippen molar-refractivity contribution in [3.63, 3.8) is 0 Å². The predicted octanol–water partition coefficient (Wildman–Crippen LogP) is 3.65. The van der Waals surface area contributed by atoms with E-state index in [4.69, 9.17) is 0 Å². The molecular formula is C23H27N3O3S. The summed E-state index contributed by atoms with van der Waals surface area (Å²) in [7, 11) is -1.47. The van der Waals surface area contributed by atoms with Gasteiger partial charge in [0, 0.05) is 24.6 Å². The third kappa shape index (κ3) is 4.46. The maximum Gasteiger partial charge on any atom is 0.227 e. The van der Waals surface area contributed by atoms with Crippen LogP contribution in [-0.4, -0.2) is 42.3 Å². The molecule has 2 aromatic carbocycles. The van der Waals surface area contributed by atoms with Crippen LogP contribution in [0.1, 0.15) is 35.5 Å². The van der Waals surface area contributed by atoms with Gasteiger partial charge in [-0.1, -0.05) is 30.3 Å². The van der Waals surface area contributed by atoms with Crippen LogP contribution in [0.15, 0.2) is 59.5 Å². The molecule has 0 bridgehead atoms. The molecule has 7 heteroatoms. The molecule has 3 rings (SSSR count). The number of nitrogens with zero attached hydrogens (tertiary/aromatic N) is 3. The quantitative estimate of drug-likeness (QED) is 0.604. The van der Waals surface area contributed by atoms with Gasteiger partial charge in [-0.15, -0.1) is 0 Å². The number of rotatable bonds is 6. The summed E-state index contributed by atoms with van der Waals surface area (Å²) in [5.74, 6) is -0.0199. The Balaban J connectivity index is 1.78. The molecular weight excluding hydrogens is 398 g/mol. The summed E-state index contributed by atoms with van der Waals surface area (Å²) in [4.78, 5) is 15.0. The SMILES string of the molecule is Cc1nn(-c2ccccc2)c(C)c1CC(=O)N(C)C(C)c1ccc(S(C)(=O)=O)cc1. The van der Waals surface area contributed by atoms with Crippen LogP contribution < -0.4 is 0 Å². The molecule has 0 spiro atoms. The Labute approximate surface area is 178 Å². The highest BCUT2D eigenvalue weighted by Crippen LogP contribution is 2.23. The van der Waals surface area contributed by atoms with Crippen LogP contribution in [0.5, 0.6) is 0 Å². The Morgan fingerprint density at radius 1 is 1.07 bits per heavy atom. The number of sulfone groups is 1.